The molecule has 0 unspecified atom stereocenters. The molecule has 0 bridgehead atoms. The van der Waals surface area contributed by atoms with Crippen molar-refractivity contribution in [3.63, 3.8) is 0 Å². The van der Waals surface area contributed by atoms with Gasteiger partial charge in [-0.1, -0.05) is 6.92 Å². The molecule has 0 aromatic heterocycles. The molecule has 1 heterocycles. The van der Waals surface area contributed by atoms with Crippen molar-refractivity contribution < 1.29 is 13.2 Å². The Bertz CT molecular complexity index is 535. The monoisotopic (exact) mass is 312 g/mol. The first-order chi connectivity index (χ1) is 10.0. The Morgan fingerprint density at radius 2 is 1.86 bits per heavy atom. The van der Waals surface area contributed by atoms with E-state index in [1.54, 1.807) is 31.4 Å². The van der Waals surface area contributed by atoms with Gasteiger partial charge < -0.3 is 9.64 Å². The predicted octanol–water partition coefficient (Wildman–Crippen LogP) is 1.85. The van der Waals surface area contributed by atoms with Gasteiger partial charge in [-0.15, -0.1) is 0 Å². The van der Waals surface area contributed by atoms with Crippen molar-refractivity contribution in [2.45, 2.75) is 37.1 Å². The first-order valence-corrected chi connectivity index (χ1v) is 8.92. The van der Waals surface area contributed by atoms with Crippen LogP contribution in [0.1, 0.15) is 26.2 Å². The van der Waals surface area contributed by atoms with E-state index in [1.165, 1.54) is 0 Å². The quantitative estimate of drug-likeness (QED) is 0.871. The van der Waals surface area contributed by atoms with Gasteiger partial charge in [0.1, 0.15) is 5.75 Å². The Kier molecular flexibility index (Phi) is 5.61. The molecule has 5 nitrogen and oxygen atoms in total. The molecule has 1 saturated heterocycles. The highest BCUT2D eigenvalue weighted by molar-refractivity contribution is 7.89. The topological polar surface area (TPSA) is 58.6 Å². The highest BCUT2D eigenvalue weighted by atomic mass is 32.2. The first kappa shape index (κ1) is 16.3. The van der Waals surface area contributed by atoms with Gasteiger partial charge in [-0.2, -0.15) is 0 Å². The number of ether oxygens (including phenoxy) is 1. The zero-order chi connectivity index (χ0) is 15.3. The lowest BCUT2D eigenvalue weighted by molar-refractivity contribution is 0.208. The lowest BCUT2D eigenvalue weighted by Crippen LogP contribution is -2.44. The molecule has 0 radical (unpaired) electrons. The van der Waals surface area contributed by atoms with E-state index in [0.29, 0.717) is 10.6 Å². The summed E-state index contributed by atoms with van der Waals surface area (Å²) < 4.78 is 32.5. The third-order valence-electron chi connectivity index (χ3n) is 3.82. The van der Waals surface area contributed by atoms with Crippen LogP contribution >= 0.6 is 0 Å². The van der Waals surface area contributed by atoms with Crippen molar-refractivity contribution in [2.75, 3.05) is 26.7 Å². The second kappa shape index (κ2) is 7.24. The highest BCUT2D eigenvalue weighted by Gasteiger charge is 2.24. The van der Waals surface area contributed by atoms with Gasteiger partial charge in [0.15, 0.2) is 0 Å². The van der Waals surface area contributed by atoms with Crippen LogP contribution in [0.3, 0.4) is 0 Å². The van der Waals surface area contributed by atoms with E-state index in [9.17, 15) is 8.42 Å². The molecule has 21 heavy (non-hydrogen) atoms. The molecular weight excluding hydrogens is 288 g/mol. The fourth-order valence-electron chi connectivity index (χ4n) is 2.63. The molecule has 1 fully saturated rings. The standard InChI is InChI=1S/C15H24N2O3S/c1-3-10-17-11-8-13(9-12-17)16-21(18,19)15-6-4-14(20-2)5-7-15/h4-7,13,16H,3,8-12H2,1-2H3. The molecule has 1 aliphatic heterocycles. The molecular formula is C15H24N2O3S. The van der Waals surface area contributed by atoms with E-state index in [2.05, 4.69) is 16.5 Å². The summed E-state index contributed by atoms with van der Waals surface area (Å²) in [6.07, 6.45) is 2.88. The minimum absolute atomic E-state index is 0.0326. The Morgan fingerprint density at radius 1 is 1.24 bits per heavy atom. The molecule has 0 saturated carbocycles. The van der Waals surface area contributed by atoms with E-state index < -0.39 is 10.0 Å². The summed E-state index contributed by atoms with van der Waals surface area (Å²) in [5.74, 6) is 0.654. The molecule has 2 rings (SSSR count). The van der Waals surface area contributed by atoms with Crippen molar-refractivity contribution in [1.82, 2.24) is 9.62 Å². The first-order valence-electron chi connectivity index (χ1n) is 7.44. The number of nitrogens with one attached hydrogen (secondary N) is 1. The second-order valence-corrected chi connectivity index (χ2v) is 7.13. The minimum atomic E-state index is -3.44. The van der Waals surface area contributed by atoms with Gasteiger partial charge in [0.2, 0.25) is 10.0 Å². The van der Waals surface area contributed by atoms with Crippen LogP contribution in [0.25, 0.3) is 0 Å². The molecule has 0 spiro atoms. The van der Waals surface area contributed by atoms with Gasteiger partial charge in [-0.25, -0.2) is 13.1 Å². The van der Waals surface area contributed by atoms with Gasteiger partial charge in [-0.3, -0.25) is 0 Å². The summed E-state index contributed by atoms with van der Waals surface area (Å²) in [5.41, 5.74) is 0. The van der Waals surface area contributed by atoms with Gasteiger partial charge in [-0.05, 0) is 63.2 Å². The zero-order valence-electron chi connectivity index (χ0n) is 12.7. The Balaban J connectivity index is 1.95. The number of methoxy groups -OCH3 is 1. The number of rotatable bonds is 6. The lowest BCUT2D eigenvalue weighted by Gasteiger charge is -2.31. The van der Waals surface area contributed by atoms with Gasteiger partial charge in [0.05, 0.1) is 12.0 Å². The van der Waals surface area contributed by atoms with E-state index in [-0.39, 0.29) is 6.04 Å². The van der Waals surface area contributed by atoms with Crippen LogP contribution < -0.4 is 9.46 Å². The van der Waals surface area contributed by atoms with Gasteiger partial charge in [0.25, 0.3) is 0 Å². The smallest absolute Gasteiger partial charge is 0.240 e. The van der Waals surface area contributed by atoms with Crippen LogP contribution in [0.5, 0.6) is 5.75 Å². The largest absolute Gasteiger partial charge is 0.497 e. The van der Waals surface area contributed by atoms with Crippen molar-refractivity contribution in [3.05, 3.63) is 24.3 Å². The number of likely N-dealkylation sites (tertiary alicyclic amines) is 1. The van der Waals surface area contributed by atoms with Crippen LogP contribution in [0.2, 0.25) is 0 Å². The fourth-order valence-corrected chi connectivity index (χ4v) is 3.94. The van der Waals surface area contributed by atoms with Crippen molar-refractivity contribution in [1.29, 1.82) is 0 Å². The summed E-state index contributed by atoms with van der Waals surface area (Å²) in [6, 6.07) is 6.52. The summed E-state index contributed by atoms with van der Waals surface area (Å²) in [4.78, 5) is 2.68. The molecule has 1 aromatic carbocycles. The summed E-state index contributed by atoms with van der Waals surface area (Å²) in [6.45, 7) is 5.18. The maximum atomic E-state index is 12.3. The number of piperidine rings is 1. The van der Waals surface area contributed by atoms with Crippen molar-refractivity contribution in [3.8, 4) is 5.75 Å². The van der Waals surface area contributed by atoms with E-state index in [1.807, 2.05) is 0 Å². The Labute approximate surface area is 127 Å². The summed E-state index contributed by atoms with van der Waals surface area (Å²) in [7, 11) is -1.88. The minimum Gasteiger partial charge on any atom is -0.497 e. The van der Waals surface area contributed by atoms with Gasteiger partial charge in [0, 0.05) is 6.04 Å². The summed E-state index contributed by atoms with van der Waals surface area (Å²) in [5, 5.41) is 0. The van der Waals surface area contributed by atoms with E-state index >= 15 is 0 Å². The normalized spacial score (nSPS) is 17.8. The number of sulfonamides is 1. The molecule has 118 valence electrons. The molecule has 1 N–H and O–H groups in total. The van der Waals surface area contributed by atoms with E-state index in [0.717, 1.165) is 38.9 Å². The third-order valence-corrected chi connectivity index (χ3v) is 5.36. The number of hydrogen-bond donors (Lipinski definition) is 1. The molecule has 0 aliphatic carbocycles. The lowest BCUT2D eigenvalue weighted by atomic mass is 10.1. The highest BCUT2D eigenvalue weighted by Crippen LogP contribution is 2.18. The maximum absolute atomic E-state index is 12.3. The van der Waals surface area contributed by atoms with Crippen LogP contribution in [-0.2, 0) is 10.0 Å². The SMILES string of the molecule is CCCN1CCC(NS(=O)(=O)c2ccc(OC)cc2)CC1. The predicted molar refractivity (Wildman–Crippen MR) is 83.1 cm³/mol. The average molecular weight is 312 g/mol. The maximum Gasteiger partial charge on any atom is 0.240 e. The fraction of sp³-hybridized carbons (Fsp3) is 0.600. The van der Waals surface area contributed by atoms with Crippen LogP contribution in [0.15, 0.2) is 29.2 Å². The average Bonchev–Trinajstić information content (AvgIpc) is 2.49. The number of nitrogens with zero attached hydrogens (tertiary/aromatic N) is 1. The molecule has 1 aliphatic rings. The van der Waals surface area contributed by atoms with Crippen molar-refractivity contribution in [2.24, 2.45) is 0 Å². The molecule has 6 heteroatoms. The Hall–Kier alpha value is -1.11. The van der Waals surface area contributed by atoms with Crippen LogP contribution in [-0.4, -0.2) is 46.1 Å². The molecule has 0 amide bonds. The van der Waals surface area contributed by atoms with Crippen LogP contribution in [0, 0.1) is 0 Å². The second-order valence-electron chi connectivity index (χ2n) is 5.41. The summed E-state index contributed by atoms with van der Waals surface area (Å²) >= 11 is 0. The van der Waals surface area contributed by atoms with Gasteiger partial charge >= 0.3 is 0 Å². The number of hydrogen-bond acceptors (Lipinski definition) is 4. The molecule has 1 aromatic rings. The number of benzene rings is 1. The third kappa shape index (κ3) is 4.43. The Morgan fingerprint density at radius 3 is 2.38 bits per heavy atom. The zero-order valence-corrected chi connectivity index (χ0v) is 13.5. The van der Waals surface area contributed by atoms with Crippen LogP contribution in [0.4, 0.5) is 0 Å². The molecule has 0 atom stereocenters. The van der Waals surface area contributed by atoms with E-state index in [4.69, 9.17) is 4.74 Å². The van der Waals surface area contributed by atoms with Crippen molar-refractivity contribution >= 4 is 10.0 Å².